The highest BCUT2D eigenvalue weighted by molar-refractivity contribution is 7.10. The van der Waals surface area contributed by atoms with Crippen molar-refractivity contribution in [1.29, 1.82) is 0 Å². The Bertz CT molecular complexity index is 1230. The fraction of sp³-hybridized carbons (Fsp3) is 0.0500. The molecule has 0 amide bonds. The Morgan fingerprint density at radius 3 is 2.79 bits per heavy atom. The zero-order chi connectivity index (χ0) is 19.8. The molecule has 3 aromatic rings. The smallest absolute Gasteiger partial charge is 0.338 e. The van der Waals surface area contributed by atoms with E-state index < -0.39 is 5.97 Å². The zero-order valence-corrected chi connectivity index (χ0v) is 15.5. The number of nitrogens with zero attached hydrogens (tertiary/aromatic N) is 3. The van der Waals surface area contributed by atoms with Crippen molar-refractivity contribution in [2.75, 3.05) is 0 Å². The quantitative estimate of drug-likeness (QED) is 0.631. The molecule has 3 N–H and O–H groups in total. The van der Waals surface area contributed by atoms with Crippen LogP contribution >= 0.6 is 11.3 Å². The molecule has 0 bridgehead atoms. The molecule has 0 atom stereocenters. The molecule has 0 saturated carbocycles. The van der Waals surface area contributed by atoms with Gasteiger partial charge in [0.15, 0.2) is 4.80 Å². The number of carboxylic acid groups (broad SMARTS) is 1. The maximum absolute atomic E-state index is 11.4. The van der Waals surface area contributed by atoms with Gasteiger partial charge in [-0.1, -0.05) is 29.5 Å². The highest BCUT2D eigenvalue weighted by Gasteiger charge is 2.15. The molecular weight excluding hydrogens is 378 g/mol. The number of benzene rings is 2. The Hall–Kier alpha value is -3.65. The predicted octanol–water partition coefficient (Wildman–Crippen LogP) is 3.68. The number of carboxylic acids is 1. The molecule has 7 nitrogen and oxygen atoms in total. The average molecular weight is 393 g/mol. The van der Waals surface area contributed by atoms with Gasteiger partial charge in [-0.2, -0.15) is 0 Å². The summed E-state index contributed by atoms with van der Waals surface area (Å²) in [6.07, 6.45) is 3.56. The van der Waals surface area contributed by atoms with Gasteiger partial charge in [0.25, 0.3) is 0 Å². The summed E-state index contributed by atoms with van der Waals surface area (Å²) in [5, 5.41) is 29.4. The summed E-state index contributed by atoms with van der Waals surface area (Å²) in [6.45, 7) is 0. The fourth-order valence-electron chi connectivity index (χ4n) is 2.85. The SMILES string of the molecule is Cn1c(O)c(/C=C2\C=Nc3ccccc32)sc1=Nc1ccc(O)cc1C(=O)O. The summed E-state index contributed by atoms with van der Waals surface area (Å²) in [6, 6.07) is 11.6. The van der Waals surface area contributed by atoms with Crippen molar-refractivity contribution in [2.24, 2.45) is 17.0 Å². The molecule has 2 aromatic carbocycles. The highest BCUT2D eigenvalue weighted by Crippen LogP contribution is 2.34. The number of hydrogen-bond donors (Lipinski definition) is 3. The third kappa shape index (κ3) is 3.10. The molecular formula is C20H15N3O4S. The number of rotatable bonds is 3. The third-order valence-corrected chi connectivity index (χ3v) is 5.37. The number of phenols is 1. The lowest BCUT2D eigenvalue weighted by atomic mass is 10.1. The number of thiazole rings is 1. The fourth-order valence-corrected chi connectivity index (χ4v) is 3.83. The van der Waals surface area contributed by atoms with Crippen LogP contribution in [0.25, 0.3) is 11.6 Å². The Morgan fingerprint density at radius 1 is 1.21 bits per heavy atom. The number of phenolic OH excluding ortho intramolecular Hbond substituents is 1. The molecule has 1 aromatic heterocycles. The normalized spacial score (nSPS) is 14.6. The van der Waals surface area contributed by atoms with E-state index in [0.717, 1.165) is 22.9 Å². The van der Waals surface area contributed by atoms with E-state index in [-0.39, 0.29) is 22.9 Å². The minimum absolute atomic E-state index is 0.0182. The number of aromatic carboxylic acids is 1. The van der Waals surface area contributed by atoms with Crippen molar-refractivity contribution in [2.45, 2.75) is 0 Å². The van der Waals surface area contributed by atoms with Crippen molar-refractivity contribution in [1.82, 2.24) is 4.57 Å². The number of allylic oxidation sites excluding steroid dienone is 1. The van der Waals surface area contributed by atoms with E-state index in [1.54, 1.807) is 13.3 Å². The first-order chi connectivity index (χ1) is 13.4. The first kappa shape index (κ1) is 17.7. The first-order valence-corrected chi connectivity index (χ1v) is 9.10. The number of carbonyl (C=O) groups is 1. The molecule has 28 heavy (non-hydrogen) atoms. The van der Waals surface area contributed by atoms with Crippen molar-refractivity contribution in [3.05, 3.63) is 63.3 Å². The van der Waals surface area contributed by atoms with Crippen LogP contribution < -0.4 is 4.80 Å². The molecule has 140 valence electrons. The predicted molar refractivity (Wildman–Crippen MR) is 108 cm³/mol. The van der Waals surface area contributed by atoms with Gasteiger partial charge < -0.3 is 15.3 Å². The van der Waals surface area contributed by atoms with E-state index in [2.05, 4.69) is 9.98 Å². The largest absolute Gasteiger partial charge is 0.508 e. The van der Waals surface area contributed by atoms with E-state index in [1.807, 2.05) is 30.3 Å². The van der Waals surface area contributed by atoms with Crippen molar-refractivity contribution in [3.8, 4) is 11.6 Å². The number of hydrogen-bond acceptors (Lipinski definition) is 6. The minimum Gasteiger partial charge on any atom is -0.508 e. The van der Waals surface area contributed by atoms with E-state index in [0.29, 0.717) is 9.68 Å². The summed E-state index contributed by atoms with van der Waals surface area (Å²) in [5.74, 6) is -1.33. The Kier molecular flexibility index (Phi) is 4.32. The molecule has 0 unspecified atom stereocenters. The molecule has 0 radical (unpaired) electrons. The molecule has 0 saturated heterocycles. The summed E-state index contributed by atoms with van der Waals surface area (Å²) in [4.78, 5) is 21.1. The van der Waals surface area contributed by atoms with E-state index >= 15 is 0 Å². The standard InChI is InChI=1S/C20H15N3O4S/c1-23-18(25)17(8-11-10-21-15-5-3-2-4-13(11)15)28-20(23)22-16-7-6-12(24)9-14(16)19(26)27/h2-10,24-25H,1H3,(H,26,27)/b11-8+,22-20?. The van der Waals surface area contributed by atoms with Crippen LogP contribution in [0.2, 0.25) is 0 Å². The second-order valence-electron chi connectivity index (χ2n) is 6.12. The van der Waals surface area contributed by atoms with Crippen molar-refractivity contribution < 1.29 is 20.1 Å². The van der Waals surface area contributed by atoms with Crippen LogP contribution in [0.4, 0.5) is 11.4 Å². The Balaban J connectivity index is 1.81. The van der Waals surface area contributed by atoms with Gasteiger partial charge >= 0.3 is 5.97 Å². The molecule has 4 rings (SSSR count). The van der Waals surface area contributed by atoms with Crippen LogP contribution in [0.3, 0.4) is 0 Å². The third-order valence-electron chi connectivity index (χ3n) is 4.30. The van der Waals surface area contributed by atoms with Crippen LogP contribution in [-0.4, -0.2) is 32.1 Å². The van der Waals surface area contributed by atoms with Gasteiger partial charge in [0, 0.05) is 24.4 Å². The van der Waals surface area contributed by atoms with Crippen LogP contribution in [0, 0.1) is 0 Å². The molecule has 0 aliphatic carbocycles. The number of fused-ring (bicyclic) bond motifs is 1. The molecule has 1 aliphatic heterocycles. The second kappa shape index (κ2) is 6.82. The Labute approximate surface area is 163 Å². The Morgan fingerprint density at radius 2 is 2.00 bits per heavy atom. The van der Waals surface area contributed by atoms with Gasteiger partial charge in [0.2, 0.25) is 5.88 Å². The number of aromatic nitrogens is 1. The topological polar surface area (TPSA) is 107 Å². The second-order valence-corrected chi connectivity index (χ2v) is 7.13. The molecule has 0 fully saturated rings. The number of aliphatic imine (C=N–C) groups is 1. The first-order valence-electron chi connectivity index (χ1n) is 8.29. The molecule has 8 heteroatoms. The van der Waals surface area contributed by atoms with Crippen LogP contribution in [-0.2, 0) is 7.05 Å². The van der Waals surface area contributed by atoms with Crippen molar-refractivity contribution >= 4 is 46.5 Å². The molecule has 2 heterocycles. The van der Waals surface area contributed by atoms with E-state index in [1.165, 1.54) is 28.0 Å². The summed E-state index contributed by atoms with van der Waals surface area (Å²) in [7, 11) is 1.64. The zero-order valence-electron chi connectivity index (χ0n) is 14.7. The van der Waals surface area contributed by atoms with Gasteiger partial charge in [-0.15, -0.1) is 0 Å². The van der Waals surface area contributed by atoms with Gasteiger partial charge in [-0.3, -0.25) is 9.56 Å². The van der Waals surface area contributed by atoms with Gasteiger partial charge in [-0.05, 0) is 30.3 Å². The molecule has 1 aliphatic rings. The lowest BCUT2D eigenvalue weighted by Gasteiger charge is -2.01. The average Bonchev–Trinajstić information content (AvgIpc) is 3.20. The summed E-state index contributed by atoms with van der Waals surface area (Å²) in [5.41, 5.74) is 2.78. The van der Waals surface area contributed by atoms with Gasteiger partial charge in [0.05, 0.1) is 21.8 Å². The van der Waals surface area contributed by atoms with Crippen molar-refractivity contribution in [3.63, 3.8) is 0 Å². The minimum atomic E-state index is -1.20. The highest BCUT2D eigenvalue weighted by atomic mass is 32.1. The lowest BCUT2D eigenvalue weighted by molar-refractivity contribution is 0.0697. The van der Waals surface area contributed by atoms with E-state index in [9.17, 15) is 20.1 Å². The summed E-state index contributed by atoms with van der Waals surface area (Å²) >= 11 is 1.22. The molecule has 0 spiro atoms. The van der Waals surface area contributed by atoms with Crippen LogP contribution in [0.1, 0.15) is 20.8 Å². The maximum atomic E-state index is 11.4. The maximum Gasteiger partial charge on any atom is 0.338 e. The van der Waals surface area contributed by atoms with E-state index in [4.69, 9.17) is 0 Å². The number of para-hydroxylation sites is 1. The van der Waals surface area contributed by atoms with Crippen LogP contribution in [0.5, 0.6) is 11.6 Å². The monoisotopic (exact) mass is 393 g/mol. The van der Waals surface area contributed by atoms with Crippen LogP contribution in [0.15, 0.2) is 52.4 Å². The summed E-state index contributed by atoms with van der Waals surface area (Å²) < 4.78 is 1.48. The van der Waals surface area contributed by atoms with Gasteiger partial charge in [0.1, 0.15) is 5.75 Å². The lowest BCUT2D eigenvalue weighted by Crippen LogP contribution is -2.09. The van der Waals surface area contributed by atoms with Gasteiger partial charge in [-0.25, -0.2) is 9.79 Å². The number of aromatic hydroxyl groups is 2.